The Kier molecular flexibility index (Phi) is 9.56. The van der Waals surface area contributed by atoms with E-state index in [2.05, 4.69) is 10.2 Å². The van der Waals surface area contributed by atoms with Gasteiger partial charge < -0.3 is 10.1 Å². The van der Waals surface area contributed by atoms with Crippen molar-refractivity contribution in [2.45, 2.75) is 31.2 Å². The van der Waals surface area contributed by atoms with Crippen molar-refractivity contribution in [2.24, 2.45) is 0 Å². The van der Waals surface area contributed by atoms with Gasteiger partial charge in [0.05, 0.1) is 23.1 Å². The summed E-state index contributed by atoms with van der Waals surface area (Å²) in [7, 11) is -3.69. The molecule has 2 aromatic rings. The molecule has 1 N–H and O–H groups in total. The number of hydrogen-bond donors (Lipinski definition) is 1. The highest BCUT2D eigenvalue weighted by Crippen LogP contribution is 2.33. The molecule has 210 valence electrons. The number of carbonyl (C=O) groups excluding carboxylic acids is 2. The van der Waals surface area contributed by atoms with E-state index < -0.39 is 22.0 Å². The van der Waals surface area contributed by atoms with E-state index in [4.69, 9.17) is 27.9 Å². The summed E-state index contributed by atoms with van der Waals surface area (Å²) in [5.41, 5.74) is 1.62. The van der Waals surface area contributed by atoms with Crippen LogP contribution in [0.2, 0.25) is 10.0 Å². The number of rotatable bonds is 8. The number of benzene rings is 2. The Morgan fingerprint density at radius 1 is 0.974 bits per heavy atom. The summed E-state index contributed by atoms with van der Waals surface area (Å²) in [5, 5.41) is 3.95. The zero-order chi connectivity index (χ0) is 28.2. The Balaban J connectivity index is 1.63. The van der Waals surface area contributed by atoms with Crippen LogP contribution in [0.3, 0.4) is 0 Å². The van der Waals surface area contributed by atoms with Crippen LogP contribution in [0.4, 0.5) is 4.79 Å². The molecule has 2 aliphatic heterocycles. The van der Waals surface area contributed by atoms with Crippen LogP contribution in [0, 0.1) is 0 Å². The SMILES string of the molecule is CCOC(=O)C1=C(CN2CCCN(S(=O)(=O)c3ccc(Cl)cc3)CC2)N(CC)C(=O)N[C@@H]1c1ccc(Cl)cc1. The summed E-state index contributed by atoms with van der Waals surface area (Å²) in [6.07, 6.45) is 0.591. The summed E-state index contributed by atoms with van der Waals surface area (Å²) in [5.74, 6) is -0.507. The zero-order valence-electron chi connectivity index (χ0n) is 21.9. The van der Waals surface area contributed by atoms with E-state index in [1.165, 1.54) is 16.4 Å². The van der Waals surface area contributed by atoms with Crippen molar-refractivity contribution in [3.8, 4) is 0 Å². The van der Waals surface area contributed by atoms with Crippen molar-refractivity contribution in [1.29, 1.82) is 0 Å². The van der Waals surface area contributed by atoms with Crippen molar-refractivity contribution in [1.82, 2.24) is 19.4 Å². The van der Waals surface area contributed by atoms with Gasteiger partial charge in [0, 0.05) is 48.5 Å². The minimum atomic E-state index is -3.69. The number of halogens is 2. The van der Waals surface area contributed by atoms with Crippen LogP contribution < -0.4 is 5.32 Å². The molecule has 2 aliphatic rings. The monoisotopic (exact) mass is 594 g/mol. The number of urea groups is 1. The number of amides is 2. The lowest BCUT2D eigenvalue weighted by Crippen LogP contribution is -2.51. The van der Waals surface area contributed by atoms with E-state index in [0.717, 1.165) is 0 Å². The van der Waals surface area contributed by atoms with Crippen LogP contribution in [0.15, 0.2) is 64.7 Å². The van der Waals surface area contributed by atoms with Gasteiger partial charge in [-0.1, -0.05) is 35.3 Å². The average molecular weight is 596 g/mol. The van der Waals surface area contributed by atoms with Gasteiger partial charge in [0.1, 0.15) is 0 Å². The first-order chi connectivity index (χ1) is 18.6. The van der Waals surface area contributed by atoms with Crippen LogP contribution in [0.25, 0.3) is 0 Å². The molecule has 12 heteroatoms. The van der Waals surface area contributed by atoms with Crippen molar-refractivity contribution >= 4 is 45.2 Å². The van der Waals surface area contributed by atoms with Gasteiger partial charge in [-0.3, -0.25) is 9.80 Å². The average Bonchev–Trinajstić information content (AvgIpc) is 3.15. The summed E-state index contributed by atoms with van der Waals surface area (Å²) in [6.45, 7) is 6.05. The summed E-state index contributed by atoms with van der Waals surface area (Å²) < 4.78 is 33.4. The molecular formula is C27H32Cl2N4O5S. The van der Waals surface area contributed by atoms with E-state index in [-0.39, 0.29) is 30.6 Å². The Morgan fingerprint density at radius 2 is 1.62 bits per heavy atom. The molecule has 0 aliphatic carbocycles. The Bertz CT molecular complexity index is 1330. The lowest BCUT2D eigenvalue weighted by atomic mass is 9.94. The lowest BCUT2D eigenvalue weighted by molar-refractivity contribution is -0.139. The molecule has 1 saturated heterocycles. The Labute approximate surface area is 239 Å². The molecule has 39 heavy (non-hydrogen) atoms. The van der Waals surface area contributed by atoms with Crippen LogP contribution in [0.1, 0.15) is 31.9 Å². The maximum absolute atomic E-state index is 13.3. The van der Waals surface area contributed by atoms with Crippen LogP contribution in [-0.2, 0) is 19.6 Å². The van der Waals surface area contributed by atoms with Gasteiger partial charge in [-0.2, -0.15) is 4.31 Å². The van der Waals surface area contributed by atoms with Gasteiger partial charge in [-0.25, -0.2) is 18.0 Å². The second-order valence-corrected chi connectivity index (χ2v) is 12.1. The van der Waals surface area contributed by atoms with Crippen molar-refractivity contribution in [2.75, 3.05) is 45.9 Å². The first kappa shape index (κ1) is 29.4. The molecule has 0 saturated carbocycles. The van der Waals surface area contributed by atoms with E-state index in [9.17, 15) is 18.0 Å². The van der Waals surface area contributed by atoms with Crippen molar-refractivity contribution in [3.63, 3.8) is 0 Å². The summed E-state index contributed by atoms with van der Waals surface area (Å²) in [4.78, 5) is 30.3. The molecular weight excluding hydrogens is 563 g/mol. The number of hydrogen-bond acceptors (Lipinski definition) is 6. The third-order valence-corrected chi connectivity index (χ3v) is 9.24. The largest absolute Gasteiger partial charge is 0.463 e. The normalized spacial score (nSPS) is 19.5. The predicted octanol–water partition coefficient (Wildman–Crippen LogP) is 4.29. The van der Waals surface area contributed by atoms with Gasteiger partial charge in [0.2, 0.25) is 10.0 Å². The fraction of sp³-hybridized carbons (Fsp3) is 0.407. The molecule has 0 unspecified atom stereocenters. The minimum absolute atomic E-state index is 0.185. The number of esters is 1. The molecule has 2 heterocycles. The lowest BCUT2D eigenvalue weighted by Gasteiger charge is -2.38. The Morgan fingerprint density at radius 3 is 2.23 bits per heavy atom. The number of nitrogens with one attached hydrogen (secondary N) is 1. The Hall–Kier alpha value is -2.63. The fourth-order valence-electron chi connectivity index (χ4n) is 4.88. The third kappa shape index (κ3) is 6.58. The first-order valence-corrected chi connectivity index (χ1v) is 15.1. The topological polar surface area (TPSA) is 99.3 Å². The molecule has 2 aromatic carbocycles. The highest BCUT2D eigenvalue weighted by atomic mass is 35.5. The smallest absolute Gasteiger partial charge is 0.338 e. The molecule has 0 bridgehead atoms. The minimum Gasteiger partial charge on any atom is -0.463 e. The molecule has 0 radical (unpaired) electrons. The second-order valence-electron chi connectivity index (χ2n) is 9.25. The van der Waals surface area contributed by atoms with Crippen molar-refractivity contribution < 1.29 is 22.7 Å². The highest BCUT2D eigenvalue weighted by molar-refractivity contribution is 7.89. The van der Waals surface area contributed by atoms with Gasteiger partial charge in [-0.05, 0) is 68.8 Å². The zero-order valence-corrected chi connectivity index (χ0v) is 24.2. The number of carbonyl (C=O) groups is 2. The van der Waals surface area contributed by atoms with Crippen molar-refractivity contribution in [3.05, 3.63) is 75.4 Å². The predicted molar refractivity (Wildman–Crippen MR) is 150 cm³/mol. The number of ether oxygens (including phenoxy) is 1. The second kappa shape index (κ2) is 12.7. The van der Waals surface area contributed by atoms with Crippen LogP contribution in [0.5, 0.6) is 0 Å². The molecule has 1 fully saturated rings. The van der Waals surface area contributed by atoms with Gasteiger partial charge >= 0.3 is 12.0 Å². The van der Waals surface area contributed by atoms with Crippen LogP contribution in [-0.4, -0.2) is 80.4 Å². The summed E-state index contributed by atoms with van der Waals surface area (Å²) >= 11 is 12.0. The molecule has 4 rings (SSSR count). The van der Waals surface area contributed by atoms with E-state index in [0.29, 0.717) is 59.5 Å². The van der Waals surface area contributed by atoms with Gasteiger partial charge in [0.15, 0.2) is 0 Å². The maximum Gasteiger partial charge on any atom is 0.338 e. The number of likely N-dealkylation sites (N-methyl/N-ethyl adjacent to an activating group) is 1. The first-order valence-electron chi connectivity index (χ1n) is 12.9. The number of nitrogens with zero attached hydrogens (tertiary/aromatic N) is 3. The molecule has 9 nitrogen and oxygen atoms in total. The van der Waals surface area contributed by atoms with Gasteiger partial charge in [0.25, 0.3) is 0 Å². The fourth-order valence-corrected chi connectivity index (χ4v) is 6.60. The molecule has 1 atom stereocenters. The molecule has 2 amide bonds. The summed E-state index contributed by atoms with van der Waals surface area (Å²) in [6, 6.07) is 12.1. The molecule has 0 aromatic heterocycles. The van der Waals surface area contributed by atoms with Crippen LogP contribution >= 0.6 is 23.2 Å². The third-order valence-electron chi connectivity index (χ3n) is 6.83. The van der Waals surface area contributed by atoms with E-state index in [1.54, 1.807) is 48.2 Å². The quantitative estimate of drug-likeness (QED) is 0.458. The highest BCUT2D eigenvalue weighted by Gasteiger charge is 2.38. The molecule has 0 spiro atoms. The standard InChI is InChI=1S/C27H32Cl2N4O5S/c1-3-33-23(24(26(34)38-4-2)25(30-27(33)35)19-6-8-20(28)9-7-19)18-31-14-5-15-32(17-16-31)39(36,37)22-12-10-21(29)11-13-22/h6-13,25H,3-5,14-18H2,1-2H3,(H,30,35)/t25-/m1/s1. The van der Waals surface area contributed by atoms with E-state index >= 15 is 0 Å². The van der Waals surface area contributed by atoms with Gasteiger partial charge in [-0.15, -0.1) is 0 Å². The number of sulfonamides is 1. The maximum atomic E-state index is 13.3. The van der Waals surface area contributed by atoms with E-state index in [1.807, 2.05) is 6.92 Å².